The van der Waals surface area contributed by atoms with Crippen molar-refractivity contribution < 1.29 is 13.2 Å². The quantitative estimate of drug-likeness (QED) is 0.481. The van der Waals surface area contributed by atoms with E-state index in [9.17, 15) is 8.42 Å². The smallest absolute Gasteiger partial charge is 0.244 e. The van der Waals surface area contributed by atoms with E-state index < -0.39 is 10.0 Å². The van der Waals surface area contributed by atoms with Gasteiger partial charge in [0.2, 0.25) is 10.0 Å². The van der Waals surface area contributed by atoms with Gasteiger partial charge in [-0.15, -0.1) is 11.3 Å². The van der Waals surface area contributed by atoms with E-state index in [0.29, 0.717) is 16.7 Å². The minimum absolute atomic E-state index is 0.0361. The third-order valence-corrected chi connectivity index (χ3v) is 6.68. The van der Waals surface area contributed by atoms with Crippen LogP contribution < -0.4 is 14.8 Å². The Morgan fingerprint density at radius 1 is 1.07 bits per heavy atom. The Bertz CT molecular complexity index is 1300. The molecule has 2 N–H and O–H groups in total. The fourth-order valence-corrected chi connectivity index (χ4v) is 5.07. The van der Waals surface area contributed by atoms with Crippen molar-refractivity contribution in [3.05, 3.63) is 42.2 Å². The molecule has 4 rings (SSSR count). The number of nitrogens with zero attached hydrogens (tertiary/aromatic N) is 3. The summed E-state index contributed by atoms with van der Waals surface area (Å²) in [4.78, 5) is 12.9. The molecule has 4 aromatic rings. The van der Waals surface area contributed by atoms with Gasteiger partial charge in [-0.25, -0.2) is 28.1 Å². The lowest BCUT2D eigenvalue weighted by Crippen LogP contribution is -2.30. The Hall–Kier alpha value is -2.82. The van der Waals surface area contributed by atoms with Crippen molar-refractivity contribution in [3.63, 3.8) is 0 Å². The largest absolute Gasteiger partial charge is 0.495 e. The van der Waals surface area contributed by atoms with Gasteiger partial charge in [-0.3, -0.25) is 0 Å². The summed E-state index contributed by atoms with van der Waals surface area (Å²) in [7, 11) is -2.34. The summed E-state index contributed by atoms with van der Waals surface area (Å²) in [5.41, 5.74) is 4.03. The molecule has 0 aliphatic heterocycles. The number of rotatable bonds is 6. The fraction of sp³-hybridized carbons (Fsp3) is 0.211. The van der Waals surface area contributed by atoms with Crippen LogP contribution in [0.25, 0.3) is 21.1 Å². The van der Waals surface area contributed by atoms with Gasteiger partial charge in [0.15, 0.2) is 0 Å². The first kappa shape index (κ1) is 19.5. The molecule has 0 unspecified atom stereocenters. The summed E-state index contributed by atoms with van der Waals surface area (Å²) in [5, 5.41) is 3.81. The Morgan fingerprint density at radius 2 is 1.90 bits per heavy atom. The molecule has 0 aliphatic carbocycles. The summed E-state index contributed by atoms with van der Waals surface area (Å²) in [6.45, 7) is 3.52. The molecule has 2 aromatic heterocycles. The first-order valence-corrected chi connectivity index (χ1v) is 11.2. The van der Waals surface area contributed by atoms with E-state index in [4.69, 9.17) is 4.74 Å². The molecule has 0 atom stereocenters. The molecule has 0 radical (unpaired) electrons. The maximum atomic E-state index is 12.8. The number of hydrogen-bond donors (Lipinski definition) is 2. The number of sulfonamides is 1. The Morgan fingerprint density at radius 3 is 2.66 bits per heavy atom. The lowest BCUT2D eigenvalue weighted by molar-refractivity contribution is 0.403. The monoisotopic (exact) mass is 429 g/mol. The van der Waals surface area contributed by atoms with Crippen LogP contribution in [0.15, 0.2) is 47.1 Å². The number of methoxy groups -OCH3 is 1. The zero-order valence-corrected chi connectivity index (χ0v) is 17.6. The van der Waals surface area contributed by atoms with Gasteiger partial charge in [0.25, 0.3) is 0 Å². The molecule has 0 saturated carbocycles. The minimum Gasteiger partial charge on any atom is -0.495 e. The number of hydrogen-bond acceptors (Lipinski definition) is 8. The number of anilines is 2. The van der Waals surface area contributed by atoms with E-state index in [2.05, 4.69) is 25.0 Å². The van der Waals surface area contributed by atoms with E-state index in [-0.39, 0.29) is 16.7 Å². The van der Waals surface area contributed by atoms with Crippen molar-refractivity contribution in [2.24, 2.45) is 0 Å². The second-order valence-electron chi connectivity index (χ2n) is 6.68. The molecule has 10 heteroatoms. The molecule has 0 spiro atoms. The van der Waals surface area contributed by atoms with Crippen LogP contribution in [-0.2, 0) is 10.0 Å². The first-order chi connectivity index (χ1) is 13.9. The normalized spacial score (nSPS) is 12.0. The van der Waals surface area contributed by atoms with Gasteiger partial charge in [0, 0.05) is 23.2 Å². The summed E-state index contributed by atoms with van der Waals surface area (Å²) in [6, 6.07) is 8.69. The number of nitrogens with one attached hydrogen (secondary N) is 2. The number of ether oxygens (including phenoxy) is 1. The highest BCUT2D eigenvalue weighted by molar-refractivity contribution is 7.89. The maximum absolute atomic E-state index is 12.8. The average molecular weight is 430 g/mol. The van der Waals surface area contributed by atoms with E-state index in [1.165, 1.54) is 19.5 Å². The standard InChI is InChI=1S/C19H19N5O3S2/c1-11(2)24-29(25,26)18-7-13-14(8-16(18)27-3)20-9-21-19(13)23-12-4-5-17-15(6-12)22-10-28-17/h4-11,24H,1-3H3,(H,20,21,23). The third kappa shape index (κ3) is 3.86. The molecule has 8 nitrogen and oxygen atoms in total. The van der Waals surface area contributed by atoms with Gasteiger partial charge >= 0.3 is 0 Å². The van der Waals surface area contributed by atoms with Gasteiger partial charge < -0.3 is 10.1 Å². The molecule has 0 bridgehead atoms. The third-order valence-electron chi connectivity index (χ3n) is 4.19. The molecule has 2 heterocycles. The summed E-state index contributed by atoms with van der Waals surface area (Å²) in [5.74, 6) is 0.715. The van der Waals surface area contributed by atoms with Crippen molar-refractivity contribution in [2.75, 3.05) is 12.4 Å². The highest BCUT2D eigenvalue weighted by Gasteiger charge is 2.22. The average Bonchev–Trinajstić information content (AvgIpc) is 3.14. The molecular weight excluding hydrogens is 410 g/mol. The van der Waals surface area contributed by atoms with Gasteiger partial charge in [0.1, 0.15) is 22.8 Å². The van der Waals surface area contributed by atoms with Gasteiger partial charge in [-0.1, -0.05) is 0 Å². The summed E-state index contributed by atoms with van der Waals surface area (Å²) < 4.78 is 34.6. The minimum atomic E-state index is -3.77. The van der Waals surface area contributed by atoms with Crippen molar-refractivity contribution in [1.82, 2.24) is 19.7 Å². The molecule has 0 fully saturated rings. The first-order valence-electron chi connectivity index (χ1n) is 8.83. The summed E-state index contributed by atoms with van der Waals surface area (Å²) >= 11 is 1.57. The molecule has 150 valence electrons. The maximum Gasteiger partial charge on any atom is 0.244 e. The van der Waals surface area contributed by atoms with Crippen molar-refractivity contribution in [1.29, 1.82) is 0 Å². The topological polar surface area (TPSA) is 106 Å². The van der Waals surface area contributed by atoms with E-state index >= 15 is 0 Å². The van der Waals surface area contributed by atoms with Crippen molar-refractivity contribution in [3.8, 4) is 5.75 Å². The molecular formula is C19H19N5O3S2. The number of aromatic nitrogens is 3. The van der Waals surface area contributed by atoms with Crippen LogP contribution in [0.5, 0.6) is 5.75 Å². The van der Waals surface area contributed by atoms with Crippen LogP contribution in [0.2, 0.25) is 0 Å². The van der Waals surface area contributed by atoms with Crippen LogP contribution in [0.4, 0.5) is 11.5 Å². The van der Waals surface area contributed by atoms with Crippen LogP contribution in [0, 0.1) is 0 Å². The van der Waals surface area contributed by atoms with Crippen molar-refractivity contribution >= 4 is 54.0 Å². The van der Waals surface area contributed by atoms with Gasteiger partial charge in [-0.05, 0) is 38.1 Å². The Balaban J connectivity index is 1.83. The molecule has 2 aromatic carbocycles. The second kappa shape index (κ2) is 7.54. The molecule has 0 saturated heterocycles. The van der Waals surface area contributed by atoms with E-state index in [0.717, 1.165) is 15.9 Å². The highest BCUT2D eigenvalue weighted by atomic mass is 32.2. The highest BCUT2D eigenvalue weighted by Crippen LogP contribution is 2.33. The predicted octanol–water partition coefficient (Wildman–Crippen LogP) is 3.68. The summed E-state index contributed by atoms with van der Waals surface area (Å²) in [6.07, 6.45) is 1.42. The Labute approximate surface area is 172 Å². The van der Waals surface area contributed by atoms with Crippen LogP contribution in [0.3, 0.4) is 0 Å². The van der Waals surface area contributed by atoms with Crippen molar-refractivity contribution in [2.45, 2.75) is 24.8 Å². The SMILES string of the molecule is COc1cc2ncnc(Nc3ccc4scnc4c3)c2cc1S(=O)(=O)NC(C)C. The van der Waals surface area contributed by atoms with Crippen LogP contribution in [-0.4, -0.2) is 36.5 Å². The molecule has 0 amide bonds. The number of fused-ring (bicyclic) bond motifs is 2. The zero-order chi connectivity index (χ0) is 20.6. The predicted molar refractivity (Wildman–Crippen MR) is 114 cm³/mol. The lowest BCUT2D eigenvalue weighted by atomic mass is 10.2. The zero-order valence-electron chi connectivity index (χ0n) is 16.0. The molecule has 0 aliphatic rings. The Kier molecular flexibility index (Phi) is 5.07. The van der Waals surface area contributed by atoms with Gasteiger partial charge in [0.05, 0.1) is 28.4 Å². The second-order valence-corrected chi connectivity index (χ2v) is 9.25. The molecule has 29 heavy (non-hydrogen) atoms. The van der Waals surface area contributed by atoms with E-state index in [1.807, 2.05) is 18.2 Å². The number of thiazole rings is 1. The number of benzene rings is 2. The van der Waals surface area contributed by atoms with Crippen LogP contribution >= 0.6 is 11.3 Å². The van der Waals surface area contributed by atoms with E-state index in [1.54, 1.807) is 36.8 Å². The fourth-order valence-electron chi connectivity index (χ4n) is 2.98. The lowest BCUT2D eigenvalue weighted by Gasteiger charge is -2.15. The van der Waals surface area contributed by atoms with Crippen LogP contribution in [0.1, 0.15) is 13.8 Å². The van der Waals surface area contributed by atoms with Gasteiger partial charge in [-0.2, -0.15) is 0 Å².